The van der Waals surface area contributed by atoms with Crippen molar-refractivity contribution in [2.24, 2.45) is 0 Å². The molecule has 52 heavy (non-hydrogen) atoms. The molecule has 0 unspecified atom stereocenters. The van der Waals surface area contributed by atoms with Gasteiger partial charge in [-0.2, -0.15) is 38.3 Å². The predicted molar refractivity (Wildman–Crippen MR) is 208 cm³/mol. The largest absolute Gasteiger partial charge is 0.368 e. The maximum absolute atomic E-state index is 12.4. The van der Waals surface area contributed by atoms with Crippen LogP contribution in [0.1, 0.15) is 51.7 Å². The number of hydrogen-bond acceptors (Lipinski definition) is 16. The van der Waals surface area contributed by atoms with Crippen molar-refractivity contribution < 1.29 is 13.0 Å². The Kier molecular flexibility index (Phi) is 14.8. The fourth-order valence-corrected chi connectivity index (χ4v) is 5.94. The number of nitrogens with one attached hydrogen (secondary N) is 4. The zero-order chi connectivity index (χ0) is 37.5. The van der Waals surface area contributed by atoms with Crippen LogP contribution in [0, 0.1) is 0 Å². The quantitative estimate of drug-likeness (QED) is 0.0356. The number of nitrogens with two attached hydrogens (primary N) is 2. The highest BCUT2D eigenvalue weighted by Crippen LogP contribution is 2.25. The number of rotatable bonds is 21. The standard InChI is InChI=1S/C34H50N14O3S/c1-5-47(6-2)21-9-19-37-31-41-29(35)43-33(45-31)39-26-16-12-24(13-17-26)11-14-25-15-18-27(23-28(25)52(49,50)51)40-34-44-30(36)42-32(46-34)38-20-10-22-48(7-3)8-4/h11-18,23H,5-10,19-22H2,1-4H3,(H,49,50,51)(H4,35,37,39,41,43,45)(H4,36,38,40,42,44,46). The van der Waals surface area contributed by atoms with E-state index in [-0.39, 0.29) is 28.3 Å². The molecule has 2 aromatic heterocycles. The van der Waals surface area contributed by atoms with Gasteiger partial charge in [0.2, 0.25) is 35.7 Å². The number of nitrogen functional groups attached to an aromatic ring is 2. The van der Waals surface area contributed by atoms with Crippen molar-refractivity contribution in [1.82, 2.24) is 39.7 Å². The van der Waals surface area contributed by atoms with Crippen LogP contribution in [0.3, 0.4) is 0 Å². The minimum atomic E-state index is -4.59. The highest BCUT2D eigenvalue weighted by Gasteiger charge is 2.16. The van der Waals surface area contributed by atoms with Crippen LogP contribution < -0.4 is 32.7 Å². The molecule has 4 rings (SSSR count). The van der Waals surface area contributed by atoms with Gasteiger partial charge in [0.05, 0.1) is 0 Å². The van der Waals surface area contributed by atoms with Gasteiger partial charge < -0.3 is 42.5 Å². The van der Waals surface area contributed by atoms with Gasteiger partial charge in [0, 0.05) is 24.5 Å². The van der Waals surface area contributed by atoms with Crippen molar-refractivity contribution in [3.8, 4) is 0 Å². The monoisotopic (exact) mass is 734 g/mol. The number of nitrogens with zero attached hydrogens (tertiary/aromatic N) is 8. The average Bonchev–Trinajstić information content (AvgIpc) is 3.11. The van der Waals surface area contributed by atoms with Gasteiger partial charge in [0.1, 0.15) is 4.90 Å². The van der Waals surface area contributed by atoms with Gasteiger partial charge in [0.25, 0.3) is 10.1 Å². The van der Waals surface area contributed by atoms with Crippen molar-refractivity contribution in [2.45, 2.75) is 45.4 Å². The number of aromatic nitrogens is 6. The first kappa shape index (κ1) is 39.6. The fraction of sp³-hybridized carbons (Fsp3) is 0.412. The maximum Gasteiger partial charge on any atom is 0.295 e. The van der Waals surface area contributed by atoms with E-state index in [0.717, 1.165) is 57.7 Å². The molecule has 0 bridgehead atoms. The third kappa shape index (κ3) is 12.6. The molecule has 0 aliphatic carbocycles. The Morgan fingerprint density at radius 3 is 1.60 bits per heavy atom. The number of anilines is 8. The Morgan fingerprint density at radius 2 is 1.12 bits per heavy atom. The molecule has 0 atom stereocenters. The normalized spacial score (nSPS) is 11.8. The van der Waals surface area contributed by atoms with Gasteiger partial charge in [-0.1, -0.05) is 58.0 Å². The second-order valence-corrected chi connectivity index (χ2v) is 13.1. The van der Waals surface area contributed by atoms with Crippen LogP contribution >= 0.6 is 0 Å². The second-order valence-electron chi connectivity index (χ2n) is 11.7. The minimum Gasteiger partial charge on any atom is -0.368 e. The van der Waals surface area contributed by atoms with Crippen LogP contribution in [0.25, 0.3) is 12.2 Å². The topological polar surface area (TPSA) is 238 Å². The molecule has 280 valence electrons. The molecule has 2 heterocycles. The first-order valence-corrected chi connectivity index (χ1v) is 18.8. The van der Waals surface area contributed by atoms with Crippen LogP contribution in [-0.4, -0.2) is 105 Å². The number of hydrogen-bond donors (Lipinski definition) is 7. The van der Waals surface area contributed by atoms with E-state index in [0.29, 0.717) is 42.3 Å². The Bertz CT molecular complexity index is 1870. The van der Waals surface area contributed by atoms with Crippen LogP contribution in [0.5, 0.6) is 0 Å². The Morgan fingerprint density at radius 1 is 0.654 bits per heavy atom. The third-order valence-corrected chi connectivity index (χ3v) is 9.04. The summed E-state index contributed by atoms with van der Waals surface area (Å²) >= 11 is 0. The van der Waals surface area contributed by atoms with Crippen molar-refractivity contribution in [1.29, 1.82) is 0 Å². The van der Waals surface area contributed by atoms with E-state index in [2.05, 4.69) is 88.7 Å². The molecular formula is C34H50N14O3S. The summed E-state index contributed by atoms with van der Waals surface area (Å²) in [6.45, 7) is 15.7. The zero-order valence-corrected chi connectivity index (χ0v) is 31.0. The fourth-order valence-electron chi connectivity index (χ4n) is 5.23. The summed E-state index contributed by atoms with van der Waals surface area (Å²) < 4.78 is 34.8. The van der Waals surface area contributed by atoms with Crippen molar-refractivity contribution in [2.75, 3.05) is 85.1 Å². The lowest BCUT2D eigenvalue weighted by Gasteiger charge is -2.17. The smallest absolute Gasteiger partial charge is 0.295 e. The summed E-state index contributed by atoms with van der Waals surface area (Å²) in [7, 11) is -4.59. The van der Waals surface area contributed by atoms with E-state index in [4.69, 9.17) is 11.5 Å². The summed E-state index contributed by atoms with van der Waals surface area (Å²) in [4.78, 5) is 29.8. The van der Waals surface area contributed by atoms with Gasteiger partial charge in [-0.3, -0.25) is 4.55 Å². The highest BCUT2D eigenvalue weighted by atomic mass is 32.2. The first-order chi connectivity index (χ1) is 25.0. The average molecular weight is 735 g/mol. The molecule has 0 radical (unpaired) electrons. The van der Waals surface area contributed by atoms with E-state index >= 15 is 0 Å². The third-order valence-electron chi connectivity index (χ3n) is 8.13. The van der Waals surface area contributed by atoms with Gasteiger partial charge >= 0.3 is 0 Å². The highest BCUT2D eigenvalue weighted by molar-refractivity contribution is 7.86. The van der Waals surface area contributed by atoms with Crippen LogP contribution in [0.15, 0.2) is 47.4 Å². The summed E-state index contributed by atoms with van der Waals surface area (Å²) in [6, 6.07) is 11.8. The van der Waals surface area contributed by atoms with Crippen molar-refractivity contribution >= 4 is 69.3 Å². The molecule has 0 fully saturated rings. The summed E-state index contributed by atoms with van der Waals surface area (Å²) in [6.07, 6.45) is 5.15. The molecule has 0 spiro atoms. The molecule has 0 aliphatic heterocycles. The zero-order valence-electron chi connectivity index (χ0n) is 30.2. The molecule has 0 amide bonds. The maximum atomic E-state index is 12.4. The molecular weight excluding hydrogens is 685 g/mol. The van der Waals surface area contributed by atoms with Crippen molar-refractivity contribution in [3.05, 3.63) is 53.6 Å². The van der Waals surface area contributed by atoms with E-state index in [1.807, 2.05) is 24.3 Å². The molecule has 9 N–H and O–H groups in total. The molecule has 0 aliphatic rings. The summed E-state index contributed by atoms with van der Waals surface area (Å²) in [5, 5.41) is 12.4. The Balaban J connectivity index is 1.39. The predicted octanol–water partition coefficient (Wildman–Crippen LogP) is 4.41. The number of benzene rings is 2. The molecule has 2 aromatic carbocycles. The first-order valence-electron chi connectivity index (χ1n) is 17.4. The van der Waals surface area contributed by atoms with Gasteiger partial charge in [-0.25, -0.2) is 0 Å². The summed E-state index contributed by atoms with van der Waals surface area (Å²) in [5.74, 6) is 1.19. The Labute approximate surface area is 305 Å². The minimum absolute atomic E-state index is 0.00408. The molecule has 0 saturated heterocycles. The molecule has 4 aromatic rings. The van der Waals surface area contributed by atoms with E-state index in [1.54, 1.807) is 24.3 Å². The van der Waals surface area contributed by atoms with Crippen molar-refractivity contribution in [3.63, 3.8) is 0 Å². The lowest BCUT2D eigenvalue weighted by molar-refractivity contribution is 0.303. The molecule has 18 heteroatoms. The van der Waals surface area contributed by atoms with Gasteiger partial charge in [0.15, 0.2) is 0 Å². The molecule has 17 nitrogen and oxygen atoms in total. The second kappa shape index (κ2) is 19.4. The van der Waals surface area contributed by atoms with E-state index in [1.165, 1.54) is 6.07 Å². The van der Waals surface area contributed by atoms with Crippen LogP contribution in [0.4, 0.5) is 47.1 Å². The van der Waals surface area contributed by atoms with Crippen LogP contribution in [-0.2, 0) is 10.1 Å². The van der Waals surface area contributed by atoms with Gasteiger partial charge in [-0.05, 0) is 87.5 Å². The van der Waals surface area contributed by atoms with E-state index < -0.39 is 10.1 Å². The molecule has 0 saturated carbocycles. The lowest BCUT2D eigenvalue weighted by atomic mass is 10.1. The Hall–Kier alpha value is -5.17. The van der Waals surface area contributed by atoms with Crippen LogP contribution in [0.2, 0.25) is 0 Å². The lowest BCUT2D eigenvalue weighted by Crippen LogP contribution is -2.25. The van der Waals surface area contributed by atoms with Gasteiger partial charge in [-0.15, -0.1) is 0 Å². The summed E-state index contributed by atoms with van der Waals surface area (Å²) in [5.41, 5.74) is 13.9. The SMILES string of the molecule is CCN(CC)CCCNc1nc(N)nc(Nc2ccc(C=Cc3ccc(Nc4nc(N)nc(NCCCN(CC)CC)n4)cc3S(=O)(=O)O)cc2)n1. The van der Waals surface area contributed by atoms with E-state index in [9.17, 15) is 13.0 Å².